The van der Waals surface area contributed by atoms with Crippen molar-refractivity contribution in [3.8, 4) is 0 Å². The fraction of sp³-hybridized carbons (Fsp3) is 0.333. The Balaban J connectivity index is 1.60. The van der Waals surface area contributed by atoms with Crippen LogP contribution in [0.25, 0.3) is 6.08 Å². The summed E-state index contributed by atoms with van der Waals surface area (Å²) in [6.45, 7) is 4.40. The number of pyridine rings is 1. The summed E-state index contributed by atoms with van der Waals surface area (Å²) in [5, 5.41) is 2.91. The average Bonchev–Trinajstić information content (AvgIpc) is 3.13. The molecule has 1 amide bonds. The van der Waals surface area contributed by atoms with Gasteiger partial charge in [-0.15, -0.1) is 0 Å². The summed E-state index contributed by atoms with van der Waals surface area (Å²) in [7, 11) is 2.13. The Morgan fingerprint density at radius 2 is 2.12 bits per heavy atom. The SMILES string of the molecule is CN1CCN(c2ncccc2CNC(=O)/C=C/c2ccco2)CC1. The largest absolute Gasteiger partial charge is 0.465 e. The van der Waals surface area contributed by atoms with E-state index < -0.39 is 0 Å². The Hall–Kier alpha value is -2.60. The van der Waals surface area contributed by atoms with Crippen LogP contribution in [0.15, 0.2) is 47.2 Å². The highest BCUT2D eigenvalue weighted by atomic mass is 16.3. The first-order valence-corrected chi connectivity index (χ1v) is 8.09. The number of hydrogen-bond acceptors (Lipinski definition) is 5. The minimum Gasteiger partial charge on any atom is -0.465 e. The molecule has 126 valence electrons. The van der Waals surface area contributed by atoms with Crippen molar-refractivity contribution in [3.05, 3.63) is 54.1 Å². The molecular weight excluding hydrogens is 304 g/mol. The molecule has 1 aliphatic rings. The molecule has 6 heteroatoms. The number of likely N-dealkylation sites (N-methyl/N-ethyl adjacent to an activating group) is 1. The van der Waals surface area contributed by atoms with E-state index in [1.54, 1.807) is 30.7 Å². The first-order chi connectivity index (χ1) is 11.7. The zero-order valence-electron chi connectivity index (χ0n) is 13.8. The molecule has 24 heavy (non-hydrogen) atoms. The molecule has 0 radical (unpaired) electrons. The van der Waals surface area contributed by atoms with Gasteiger partial charge in [0.15, 0.2) is 0 Å². The van der Waals surface area contributed by atoms with Gasteiger partial charge in [-0.25, -0.2) is 4.98 Å². The lowest BCUT2D eigenvalue weighted by Crippen LogP contribution is -2.45. The van der Waals surface area contributed by atoms with E-state index in [0.717, 1.165) is 37.6 Å². The molecule has 1 saturated heterocycles. The normalized spacial score (nSPS) is 15.8. The molecular formula is C18H22N4O2. The number of amides is 1. The Morgan fingerprint density at radius 1 is 1.29 bits per heavy atom. The van der Waals surface area contributed by atoms with Gasteiger partial charge in [-0.3, -0.25) is 4.79 Å². The van der Waals surface area contributed by atoms with Gasteiger partial charge < -0.3 is 19.5 Å². The van der Waals surface area contributed by atoms with E-state index in [9.17, 15) is 4.79 Å². The van der Waals surface area contributed by atoms with Gasteiger partial charge in [0.05, 0.1) is 6.26 Å². The molecule has 6 nitrogen and oxygen atoms in total. The van der Waals surface area contributed by atoms with Crippen molar-refractivity contribution in [2.45, 2.75) is 6.54 Å². The van der Waals surface area contributed by atoms with Crippen LogP contribution in [0.5, 0.6) is 0 Å². The molecule has 2 aromatic heterocycles. The lowest BCUT2D eigenvalue weighted by Gasteiger charge is -2.34. The maximum Gasteiger partial charge on any atom is 0.244 e. The van der Waals surface area contributed by atoms with E-state index in [4.69, 9.17) is 4.42 Å². The Kier molecular flexibility index (Phi) is 5.28. The van der Waals surface area contributed by atoms with Crippen molar-refractivity contribution >= 4 is 17.8 Å². The summed E-state index contributed by atoms with van der Waals surface area (Å²) in [4.78, 5) is 21.1. The number of furan rings is 1. The number of piperazine rings is 1. The van der Waals surface area contributed by atoms with E-state index in [2.05, 4.69) is 27.1 Å². The Bertz CT molecular complexity index is 689. The van der Waals surface area contributed by atoms with E-state index >= 15 is 0 Å². The highest BCUT2D eigenvalue weighted by Crippen LogP contribution is 2.18. The van der Waals surface area contributed by atoms with Gasteiger partial charge in [-0.2, -0.15) is 0 Å². The molecule has 2 aromatic rings. The topological polar surface area (TPSA) is 61.6 Å². The number of hydrogen-bond donors (Lipinski definition) is 1. The van der Waals surface area contributed by atoms with Crippen molar-refractivity contribution in [2.24, 2.45) is 0 Å². The van der Waals surface area contributed by atoms with E-state index in [1.807, 2.05) is 12.1 Å². The predicted octanol–water partition coefficient (Wildman–Crippen LogP) is 1.76. The molecule has 1 fully saturated rings. The van der Waals surface area contributed by atoms with Crippen LogP contribution in [0, 0.1) is 0 Å². The summed E-state index contributed by atoms with van der Waals surface area (Å²) in [5.74, 6) is 1.46. The first kappa shape index (κ1) is 16.3. The molecule has 0 unspecified atom stereocenters. The molecule has 0 bridgehead atoms. The van der Waals surface area contributed by atoms with Gasteiger partial charge in [-0.05, 0) is 31.3 Å². The fourth-order valence-electron chi connectivity index (χ4n) is 2.66. The van der Waals surface area contributed by atoms with Gasteiger partial charge in [0.1, 0.15) is 11.6 Å². The quantitative estimate of drug-likeness (QED) is 0.848. The summed E-state index contributed by atoms with van der Waals surface area (Å²) in [6, 6.07) is 7.50. The minimum atomic E-state index is -0.153. The molecule has 0 aliphatic carbocycles. The maximum atomic E-state index is 12.0. The van der Waals surface area contributed by atoms with Crippen LogP contribution in [0.2, 0.25) is 0 Å². The third kappa shape index (κ3) is 4.23. The molecule has 1 N–H and O–H groups in total. The number of rotatable bonds is 5. The van der Waals surface area contributed by atoms with Gasteiger partial charge >= 0.3 is 0 Å². The number of carbonyl (C=O) groups excluding carboxylic acids is 1. The van der Waals surface area contributed by atoms with Crippen LogP contribution in [0.3, 0.4) is 0 Å². The maximum absolute atomic E-state index is 12.0. The van der Waals surface area contributed by atoms with Gasteiger partial charge in [0, 0.05) is 50.6 Å². The van der Waals surface area contributed by atoms with E-state index in [-0.39, 0.29) is 5.91 Å². The molecule has 0 aromatic carbocycles. The molecule has 3 rings (SSSR count). The zero-order valence-corrected chi connectivity index (χ0v) is 13.8. The van der Waals surface area contributed by atoms with Crippen molar-refractivity contribution in [2.75, 3.05) is 38.1 Å². The van der Waals surface area contributed by atoms with Crippen LogP contribution in [0.1, 0.15) is 11.3 Å². The molecule has 1 aliphatic heterocycles. The predicted molar refractivity (Wildman–Crippen MR) is 93.5 cm³/mol. The summed E-state index contributed by atoms with van der Waals surface area (Å²) in [6.07, 6.45) is 6.51. The summed E-state index contributed by atoms with van der Waals surface area (Å²) >= 11 is 0. The van der Waals surface area contributed by atoms with Crippen LogP contribution >= 0.6 is 0 Å². The van der Waals surface area contributed by atoms with Gasteiger partial charge in [-0.1, -0.05) is 6.07 Å². The molecule has 0 atom stereocenters. The lowest BCUT2D eigenvalue weighted by molar-refractivity contribution is -0.116. The zero-order chi connectivity index (χ0) is 16.8. The molecule has 0 spiro atoms. The fourth-order valence-corrected chi connectivity index (χ4v) is 2.66. The highest BCUT2D eigenvalue weighted by molar-refractivity contribution is 5.91. The minimum absolute atomic E-state index is 0.153. The molecule has 3 heterocycles. The van der Waals surface area contributed by atoms with Crippen LogP contribution in [-0.2, 0) is 11.3 Å². The van der Waals surface area contributed by atoms with Gasteiger partial charge in [0.25, 0.3) is 0 Å². The molecule has 0 saturated carbocycles. The van der Waals surface area contributed by atoms with Crippen molar-refractivity contribution < 1.29 is 9.21 Å². The Labute approximate surface area is 141 Å². The summed E-state index contributed by atoms with van der Waals surface area (Å²) in [5.41, 5.74) is 1.03. The average molecular weight is 326 g/mol. The number of nitrogens with one attached hydrogen (secondary N) is 1. The monoisotopic (exact) mass is 326 g/mol. The standard InChI is InChI=1S/C18H22N4O2/c1-21-9-11-22(12-10-21)18-15(4-2-8-19-18)14-20-17(23)7-6-16-5-3-13-24-16/h2-8,13H,9-12,14H2,1H3,(H,20,23)/b7-6+. The smallest absolute Gasteiger partial charge is 0.244 e. The lowest BCUT2D eigenvalue weighted by atomic mass is 10.2. The number of carbonyl (C=O) groups is 1. The van der Waals surface area contributed by atoms with Crippen molar-refractivity contribution in [1.29, 1.82) is 0 Å². The third-order valence-electron chi connectivity index (χ3n) is 4.07. The van der Waals surface area contributed by atoms with Crippen molar-refractivity contribution in [3.63, 3.8) is 0 Å². The second-order valence-corrected chi connectivity index (χ2v) is 5.84. The van der Waals surface area contributed by atoms with Gasteiger partial charge in [0.2, 0.25) is 5.91 Å². The van der Waals surface area contributed by atoms with Crippen LogP contribution < -0.4 is 10.2 Å². The number of anilines is 1. The second-order valence-electron chi connectivity index (χ2n) is 5.84. The van der Waals surface area contributed by atoms with Crippen LogP contribution in [-0.4, -0.2) is 49.0 Å². The number of aromatic nitrogens is 1. The van der Waals surface area contributed by atoms with Crippen LogP contribution in [0.4, 0.5) is 5.82 Å². The number of nitrogens with zero attached hydrogens (tertiary/aromatic N) is 3. The summed E-state index contributed by atoms with van der Waals surface area (Å²) < 4.78 is 5.17. The van der Waals surface area contributed by atoms with E-state index in [1.165, 1.54) is 6.08 Å². The highest BCUT2D eigenvalue weighted by Gasteiger charge is 2.17. The van der Waals surface area contributed by atoms with E-state index in [0.29, 0.717) is 12.3 Å². The first-order valence-electron chi connectivity index (χ1n) is 8.09. The third-order valence-corrected chi connectivity index (χ3v) is 4.07. The second kappa shape index (κ2) is 7.79. The van der Waals surface area contributed by atoms with Crippen molar-refractivity contribution in [1.82, 2.24) is 15.2 Å². The Morgan fingerprint density at radius 3 is 2.88 bits per heavy atom.